The van der Waals surface area contributed by atoms with Crippen molar-refractivity contribution in [2.24, 2.45) is 0 Å². The van der Waals surface area contributed by atoms with Crippen LogP contribution in [-0.2, 0) is 16.4 Å². The van der Waals surface area contributed by atoms with Gasteiger partial charge >= 0.3 is 5.69 Å². The summed E-state index contributed by atoms with van der Waals surface area (Å²) in [5, 5.41) is 3.07. The molecular weight excluding hydrogens is 286 g/mol. The van der Waals surface area contributed by atoms with Crippen molar-refractivity contribution in [3.05, 3.63) is 26.7 Å². The van der Waals surface area contributed by atoms with Crippen LogP contribution in [0.3, 0.4) is 0 Å². The second-order valence-electron chi connectivity index (χ2n) is 4.80. The van der Waals surface area contributed by atoms with E-state index in [-0.39, 0.29) is 28.7 Å². The monoisotopic (exact) mass is 299 g/mol. The van der Waals surface area contributed by atoms with Crippen molar-refractivity contribution in [2.75, 3.05) is 11.5 Å². The summed E-state index contributed by atoms with van der Waals surface area (Å²) in [6.07, 6.45) is 0.569. The van der Waals surface area contributed by atoms with Gasteiger partial charge in [0.05, 0.1) is 18.1 Å². The maximum absolute atomic E-state index is 11.5. The molecule has 108 valence electrons. The lowest BCUT2D eigenvalue weighted by atomic mass is 10.2. The Balaban J connectivity index is 1.77. The molecule has 1 aliphatic rings. The summed E-state index contributed by atoms with van der Waals surface area (Å²) in [6, 6.07) is -0.106. The molecule has 4 N–H and O–H groups in total. The van der Waals surface area contributed by atoms with Gasteiger partial charge in [-0.1, -0.05) is 0 Å². The molecule has 2 aromatic heterocycles. The van der Waals surface area contributed by atoms with E-state index in [4.69, 9.17) is 0 Å². The van der Waals surface area contributed by atoms with E-state index in [9.17, 15) is 18.0 Å². The molecule has 1 fully saturated rings. The van der Waals surface area contributed by atoms with Gasteiger partial charge in [-0.25, -0.2) is 18.2 Å². The molecule has 10 heteroatoms. The summed E-state index contributed by atoms with van der Waals surface area (Å²) < 4.78 is 22.7. The molecule has 1 saturated heterocycles. The van der Waals surface area contributed by atoms with Crippen molar-refractivity contribution < 1.29 is 8.42 Å². The summed E-state index contributed by atoms with van der Waals surface area (Å²) in [7, 11) is -2.93. The standard InChI is InChI=1S/C10H13N5O4S/c16-9-7-8(14-10(17)15-9)13-6(12-7)3-11-5-1-2-20(18,19)4-5/h5,11H,1-4H2,(H3,12,13,14,15,16,17). The van der Waals surface area contributed by atoms with Gasteiger partial charge in [0.25, 0.3) is 5.56 Å². The van der Waals surface area contributed by atoms with Gasteiger partial charge in [0, 0.05) is 6.04 Å². The van der Waals surface area contributed by atoms with Crippen LogP contribution >= 0.6 is 0 Å². The number of aromatic amines is 3. The molecule has 1 atom stereocenters. The topological polar surface area (TPSA) is 141 Å². The second kappa shape index (κ2) is 4.56. The Hall–Kier alpha value is -1.94. The van der Waals surface area contributed by atoms with Crippen molar-refractivity contribution in [3.63, 3.8) is 0 Å². The zero-order chi connectivity index (χ0) is 14.3. The van der Waals surface area contributed by atoms with Crippen LogP contribution in [0.5, 0.6) is 0 Å². The van der Waals surface area contributed by atoms with E-state index in [1.807, 2.05) is 0 Å². The first kappa shape index (κ1) is 13.1. The minimum atomic E-state index is -2.93. The van der Waals surface area contributed by atoms with Gasteiger partial charge in [0.2, 0.25) is 0 Å². The van der Waals surface area contributed by atoms with Crippen molar-refractivity contribution in [2.45, 2.75) is 19.0 Å². The van der Waals surface area contributed by atoms with Crippen LogP contribution in [0.1, 0.15) is 12.2 Å². The number of hydrogen-bond donors (Lipinski definition) is 4. The van der Waals surface area contributed by atoms with E-state index < -0.39 is 21.1 Å². The molecule has 0 aliphatic carbocycles. The van der Waals surface area contributed by atoms with Gasteiger partial charge in [0.15, 0.2) is 15.5 Å². The number of nitrogens with one attached hydrogen (secondary N) is 4. The number of imidazole rings is 1. The normalized spacial score (nSPS) is 21.5. The quantitative estimate of drug-likeness (QED) is 0.528. The Morgan fingerprint density at radius 3 is 2.75 bits per heavy atom. The lowest BCUT2D eigenvalue weighted by Crippen LogP contribution is -2.29. The fraction of sp³-hybridized carbons (Fsp3) is 0.500. The molecule has 0 bridgehead atoms. The van der Waals surface area contributed by atoms with Crippen LogP contribution in [0.2, 0.25) is 0 Å². The molecule has 9 nitrogen and oxygen atoms in total. The van der Waals surface area contributed by atoms with Crippen LogP contribution in [0, 0.1) is 0 Å². The Morgan fingerprint density at radius 1 is 1.25 bits per heavy atom. The average molecular weight is 299 g/mol. The fourth-order valence-corrected chi connectivity index (χ4v) is 3.97. The largest absolute Gasteiger partial charge is 0.335 e. The lowest BCUT2D eigenvalue weighted by molar-refractivity contribution is 0.544. The van der Waals surface area contributed by atoms with E-state index in [0.717, 1.165) is 0 Å². The maximum Gasteiger partial charge on any atom is 0.327 e. The van der Waals surface area contributed by atoms with Gasteiger partial charge in [-0.2, -0.15) is 0 Å². The van der Waals surface area contributed by atoms with Gasteiger partial charge in [-0.05, 0) is 6.42 Å². The first-order valence-corrected chi connectivity index (χ1v) is 7.90. The van der Waals surface area contributed by atoms with Crippen molar-refractivity contribution in [1.82, 2.24) is 25.3 Å². The van der Waals surface area contributed by atoms with E-state index in [1.165, 1.54) is 0 Å². The van der Waals surface area contributed by atoms with Crippen LogP contribution in [-0.4, -0.2) is 45.9 Å². The number of aromatic nitrogens is 4. The highest BCUT2D eigenvalue weighted by atomic mass is 32.2. The number of hydrogen-bond acceptors (Lipinski definition) is 6. The molecular formula is C10H13N5O4S. The van der Waals surface area contributed by atoms with Gasteiger partial charge < -0.3 is 10.3 Å². The number of fused-ring (bicyclic) bond motifs is 1. The molecule has 0 spiro atoms. The summed E-state index contributed by atoms with van der Waals surface area (Å²) >= 11 is 0. The number of H-pyrrole nitrogens is 3. The highest BCUT2D eigenvalue weighted by molar-refractivity contribution is 7.91. The third-order valence-corrected chi connectivity index (χ3v) is 5.00. The molecule has 2 aromatic rings. The molecule has 0 amide bonds. The van der Waals surface area contributed by atoms with E-state index in [1.54, 1.807) is 0 Å². The van der Waals surface area contributed by atoms with Gasteiger partial charge in [-0.15, -0.1) is 0 Å². The predicted molar refractivity (Wildman–Crippen MR) is 71.2 cm³/mol. The Bertz CT molecular complexity index is 862. The molecule has 0 saturated carbocycles. The molecule has 0 radical (unpaired) electrons. The summed E-state index contributed by atoms with van der Waals surface area (Å²) in [4.78, 5) is 34.0. The Morgan fingerprint density at radius 2 is 2.05 bits per heavy atom. The molecule has 3 rings (SSSR count). The van der Waals surface area contributed by atoms with Crippen LogP contribution in [0.25, 0.3) is 11.2 Å². The predicted octanol–water partition coefficient (Wildman–Crippen LogP) is -1.78. The van der Waals surface area contributed by atoms with Gasteiger partial charge in [0.1, 0.15) is 11.3 Å². The molecule has 1 aliphatic heterocycles. The second-order valence-corrected chi connectivity index (χ2v) is 7.02. The van der Waals surface area contributed by atoms with Gasteiger partial charge in [-0.3, -0.25) is 14.8 Å². The molecule has 1 unspecified atom stereocenters. The number of nitrogens with zero attached hydrogens (tertiary/aromatic N) is 1. The van der Waals surface area contributed by atoms with Crippen LogP contribution < -0.4 is 16.6 Å². The van der Waals surface area contributed by atoms with Crippen LogP contribution in [0.4, 0.5) is 0 Å². The zero-order valence-corrected chi connectivity index (χ0v) is 11.2. The van der Waals surface area contributed by atoms with E-state index in [0.29, 0.717) is 18.8 Å². The average Bonchev–Trinajstić information content (AvgIpc) is 2.90. The zero-order valence-electron chi connectivity index (χ0n) is 10.4. The highest BCUT2D eigenvalue weighted by Crippen LogP contribution is 2.11. The summed E-state index contributed by atoms with van der Waals surface area (Å²) in [5.41, 5.74) is -0.767. The Labute approximate surface area is 112 Å². The van der Waals surface area contributed by atoms with Crippen molar-refractivity contribution in [1.29, 1.82) is 0 Å². The van der Waals surface area contributed by atoms with Crippen LogP contribution in [0.15, 0.2) is 9.59 Å². The third-order valence-electron chi connectivity index (χ3n) is 3.23. The summed E-state index contributed by atoms with van der Waals surface area (Å²) in [5.74, 6) is 0.777. The number of sulfone groups is 1. The van der Waals surface area contributed by atoms with E-state index >= 15 is 0 Å². The maximum atomic E-state index is 11.5. The van der Waals surface area contributed by atoms with E-state index in [2.05, 4.69) is 25.3 Å². The first-order valence-electron chi connectivity index (χ1n) is 6.08. The van der Waals surface area contributed by atoms with Crippen molar-refractivity contribution in [3.8, 4) is 0 Å². The first-order chi connectivity index (χ1) is 9.43. The fourth-order valence-electron chi connectivity index (χ4n) is 2.26. The van der Waals surface area contributed by atoms with Crippen molar-refractivity contribution >= 4 is 21.0 Å². The summed E-state index contributed by atoms with van der Waals surface area (Å²) in [6.45, 7) is 0.302. The smallest absolute Gasteiger partial charge is 0.327 e. The molecule has 3 heterocycles. The molecule has 20 heavy (non-hydrogen) atoms. The SMILES string of the molecule is O=c1[nH]c(=O)c2[nH]c(CNC3CCS(=O)(=O)C3)nc2[nH]1. The lowest BCUT2D eigenvalue weighted by Gasteiger charge is -2.08. The Kier molecular flexibility index (Phi) is 2.98. The third kappa shape index (κ3) is 2.51. The number of rotatable bonds is 3. The molecule has 0 aromatic carbocycles. The minimum absolute atomic E-state index is 0.106. The highest BCUT2D eigenvalue weighted by Gasteiger charge is 2.27. The minimum Gasteiger partial charge on any atom is -0.335 e.